The SMILES string of the molecule is O=C(Nc1ccc(Cl)c(Cl)c1)C1C2CC(O)C(O2)C1c1cccc(C(F)(F)F)n1. The Balaban J connectivity index is 1.65. The molecular formula is C19H15Cl2F3N2O3. The molecule has 5 atom stereocenters. The van der Waals surface area contributed by atoms with Crippen molar-refractivity contribution < 1.29 is 27.8 Å². The molecule has 0 spiro atoms. The van der Waals surface area contributed by atoms with E-state index < -0.39 is 47.9 Å². The van der Waals surface area contributed by atoms with E-state index in [2.05, 4.69) is 10.3 Å². The fourth-order valence-electron chi connectivity index (χ4n) is 3.99. The summed E-state index contributed by atoms with van der Waals surface area (Å²) in [5.74, 6) is -2.07. The second kappa shape index (κ2) is 7.43. The number of alkyl halides is 3. The molecule has 3 heterocycles. The average Bonchev–Trinajstić information content (AvgIpc) is 3.21. The van der Waals surface area contributed by atoms with Gasteiger partial charge in [0, 0.05) is 23.7 Å². The number of aliphatic hydroxyl groups is 1. The monoisotopic (exact) mass is 446 g/mol. The van der Waals surface area contributed by atoms with Gasteiger partial charge in [-0.1, -0.05) is 29.3 Å². The third-order valence-corrected chi connectivity index (χ3v) is 5.96. The summed E-state index contributed by atoms with van der Waals surface area (Å²) in [5, 5.41) is 13.5. The van der Waals surface area contributed by atoms with Crippen molar-refractivity contribution in [3.05, 3.63) is 57.8 Å². The average molecular weight is 447 g/mol. The minimum Gasteiger partial charge on any atom is -0.390 e. The first kappa shape index (κ1) is 20.4. The predicted molar refractivity (Wildman–Crippen MR) is 99.8 cm³/mol. The molecule has 5 unspecified atom stereocenters. The molecule has 2 aliphatic heterocycles. The number of carbonyl (C=O) groups excluding carboxylic acids is 1. The van der Waals surface area contributed by atoms with Crippen molar-refractivity contribution in [1.29, 1.82) is 0 Å². The lowest BCUT2D eigenvalue weighted by Gasteiger charge is -2.29. The van der Waals surface area contributed by atoms with Gasteiger partial charge in [-0.2, -0.15) is 13.2 Å². The van der Waals surface area contributed by atoms with Crippen molar-refractivity contribution in [2.24, 2.45) is 5.92 Å². The number of rotatable bonds is 3. The first-order chi connectivity index (χ1) is 13.6. The zero-order chi connectivity index (χ0) is 20.9. The number of hydrogen-bond acceptors (Lipinski definition) is 4. The van der Waals surface area contributed by atoms with Crippen LogP contribution >= 0.6 is 23.2 Å². The number of benzene rings is 1. The molecule has 1 aromatic heterocycles. The zero-order valence-corrected chi connectivity index (χ0v) is 16.2. The van der Waals surface area contributed by atoms with Crippen LogP contribution in [0.3, 0.4) is 0 Å². The molecule has 2 N–H and O–H groups in total. The van der Waals surface area contributed by atoms with Gasteiger partial charge >= 0.3 is 6.18 Å². The van der Waals surface area contributed by atoms with Gasteiger partial charge in [0.2, 0.25) is 5.91 Å². The zero-order valence-electron chi connectivity index (χ0n) is 14.7. The summed E-state index contributed by atoms with van der Waals surface area (Å²) in [6.45, 7) is 0. The number of aliphatic hydroxyl groups excluding tert-OH is 1. The number of anilines is 1. The second-order valence-electron chi connectivity index (χ2n) is 7.06. The van der Waals surface area contributed by atoms with Crippen LogP contribution in [0.4, 0.5) is 18.9 Å². The van der Waals surface area contributed by atoms with Crippen molar-refractivity contribution in [3.8, 4) is 0 Å². The van der Waals surface area contributed by atoms with E-state index in [9.17, 15) is 23.1 Å². The van der Waals surface area contributed by atoms with Crippen LogP contribution in [0.5, 0.6) is 0 Å². The number of nitrogens with one attached hydrogen (secondary N) is 1. The number of ether oxygens (including phenoxy) is 1. The highest BCUT2D eigenvalue weighted by Gasteiger charge is 2.57. The highest BCUT2D eigenvalue weighted by molar-refractivity contribution is 6.42. The van der Waals surface area contributed by atoms with Crippen LogP contribution in [0.25, 0.3) is 0 Å². The summed E-state index contributed by atoms with van der Waals surface area (Å²) in [4.78, 5) is 16.7. The van der Waals surface area contributed by atoms with Crippen LogP contribution in [0.2, 0.25) is 10.0 Å². The first-order valence-corrected chi connectivity index (χ1v) is 9.54. The van der Waals surface area contributed by atoms with Gasteiger partial charge in [-0.25, -0.2) is 4.98 Å². The molecule has 1 amide bonds. The Bertz CT molecular complexity index is 957. The number of pyridine rings is 1. The van der Waals surface area contributed by atoms with E-state index in [1.54, 1.807) is 6.07 Å². The van der Waals surface area contributed by atoms with Gasteiger partial charge in [0.25, 0.3) is 0 Å². The molecule has 5 nitrogen and oxygen atoms in total. The number of nitrogens with zero attached hydrogens (tertiary/aromatic N) is 1. The van der Waals surface area contributed by atoms with Crippen LogP contribution in [0.1, 0.15) is 23.7 Å². The summed E-state index contributed by atoms with van der Waals surface area (Å²) in [7, 11) is 0. The van der Waals surface area contributed by atoms with Crippen molar-refractivity contribution in [1.82, 2.24) is 4.98 Å². The molecule has 29 heavy (non-hydrogen) atoms. The van der Waals surface area contributed by atoms with E-state index in [-0.39, 0.29) is 17.1 Å². The highest BCUT2D eigenvalue weighted by atomic mass is 35.5. The summed E-state index contributed by atoms with van der Waals surface area (Å²) in [6.07, 6.45) is -6.71. The largest absolute Gasteiger partial charge is 0.433 e. The van der Waals surface area contributed by atoms with Gasteiger partial charge in [-0.05, 0) is 30.3 Å². The van der Waals surface area contributed by atoms with E-state index in [4.69, 9.17) is 27.9 Å². The van der Waals surface area contributed by atoms with E-state index in [1.165, 1.54) is 24.3 Å². The molecule has 154 valence electrons. The van der Waals surface area contributed by atoms with E-state index in [0.717, 1.165) is 6.07 Å². The van der Waals surface area contributed by atoms with Gasteiger partial charge in [0.05, 0.1) is 34.3 Å². The molecule has 0 radical (unpaired) electrons. The number of carbonyl (C=O) groups is 1. The summed E-state index contributed by atoms with van der Waals surface area (Å²) < 4.78 is 45.0. The second-order valence-corrected chi connectivity index (χ2v) is 7.87. The van der Waals surface area contributed by atoms with Crippen LogP contribution in [0.15, 0.2) is 36.4 Å². The lowest BCUT2D eigenvalue weighted by molar-refractivity contribution is -0.141. The summed E-state index contributed by atoms with van der Waals surface area (Å²) >= 11 is 11.8. The highest BCUT2D eigenvalue weighted by Crippen LogP contribution is 2.49. The van der Waals surface area contributed by atoms with Gasteiger partial charge in [0.15, 0.2) is 0 Å². The molecule has 2 aliphatic rings. The maximum atomic E-state index is 13.1. The quantitative estimate of drug-likeness (QED) is 0.737. The fraction of sp³-hybridized carbons (Fsp3) is 0.368. The Morgan fingerprint density at radius 3 is 2.66 bits per heavy atom. The third-order valence-electron chi connectivity index (χ3n) is 5.22. The lowest BCUT2D eigenvalue weighted by Crippen LogP contribution is -2.41. The van der Waals surface area contributed by atoms with Crippen molar-refractivity contribution >= 4 is 34.8 Å². The predicted octanol–water partition coefficient (Wildman–Crippen LogP) is 4.28. The van der Waals surface area contributed by atoms with E-state index in [0.29, 0.717) is 10.7 Å². The van der Waals surface area contributed by atoms with Gasteiger partial charge in [-0.3, -0.25) is 4.79 Å². The molecule has 2 fully saturated rings. The molecular weight excluding hydrogens is 432 g/mol. The standard InChI is InChI=1S/C19H15Cl2F3N2O3/c20-9-5-4-8(6-10(9)21)25-18(28)16-13-7-12(27)17(29-13)15(16)11-2-1-3-14(26-11)19(22,23)24/h1-6,12-13,15-17,27H,7H2,(H,25,28). The Morgan fingerprint density at radius 1 is 1.21 bits per heavy atom. The maximum Gasteiger partial charge on any atom is 0.433 e. The number of aromatic nitrogens is 1. The minimum atomic E-state index is -4.62. The van der Waals surface area contributed by atoms with Gasteiger partial charge in [-0.15, -0.1) is 0 Å². The third kappa shape index (κ3) is 3.82. The molecule has 1 aromatic carbocycles. The minimum absolute atomic E-state index is 0.0559. The number of fused-ring (bicyclic) bond motifs is 2. The van der Waals surface area contributed by atoms with Crippen LogP contribution in [-0.4, -0.2) is 34.3 Å². The lowest BCUT2D eigenvalue weighted by atomic mass is 9.75. The Kier molecular flexibility index (Phi) is 5.23. The van der Waals surface area contributed by atoms with Gasteiger partial charge in [0.1, 0.15) is 5.69 Å². The molecule has 0 aliphatic carbocycles. The Morgan fingerprint density at radius 2 is 1.97 bits per heavy atom. The van der Waals surface area contributed by atoms with Gasteiger partial charge < -0.3 is 15.2 Å². The van der Waals surface area contributed by atoms with Crippen molar-refractivity contribution in [2.45, 2.75) is 36.8 Å². The summed E-state index contributed by atoms with van der Waals surface area (Å²) in [6, 6.07) is 8.06. The summed E-state index contributed by atoms with van der Waals surface area (Å²) in [5.41, 5.74) is -0.611. The Labute approximate surface area is 173 Å². The molecule has 0 saturated carbocycles. The van der Waals surface area contributed by atoms with E-state index >= 15 is 0 Å². The molecule has 2 aromatic rings. The first-order valence-electron chi connectivity index (χ1n) is 8.79. The number of halogens is 5. The molecule has 2 bridgehead atoms. The normalized spacial score (nSPS) is 28.6. The topological polar surface area (TPSA) is 71.5 Å². The van der Waals surface area contributed by atoms with Crippen molar-refractivity contribution in [2.75, 3.05) is 5.32 Å². The van der Waals surface area contributed by atoms with Crippen molar-refractivity contribution in [3.63, 3.8) is 0 Å². The van der Waals surface area contributed by atoms with Crippen LogP contribution < -0.4 is 5.32 Å². The fourth-order valence-corrected chi connectivity index (χ4v) is 4.29. The smallest absolute Gasteiger partial charge is 0.390 e. The van der Waals surface area contributed by atoms with Crippen LogP contribution in [-0.2, 0) is 15.7 Å². The number of hydrogen-bond donors (Lipinski definition) is 2. The molecule has 2 saturated heterocycles. The Hall–Kier alpha value is -1.87. The maximum absolute atomic E-state index is 13.1. The molecule has 4 rings (SSSR count). The van der Waals surface area contributed by atoms with Crippen LogP contribution in [0, 0.1) is 5.92 Å². The number of amides is 1. The van der Waals surface area contributed by atoms with E-state index in [1.807, 2.05) is 0 Å². The molecule has 10 heteroatoms.